The second-order valence-corrected chi connectivity index (χ2v) is 4.44. The van der Waals surface area contributed by atoms with E-state index in [1.165, 1.54) is 0 Å². The highest BCUT2D eigenvalue weighted by molar-refractivity contribution is 6.02. The lowest BCUT2D eigenvalue weighted by Crippen LogP contribution is -2.38. The molecule has 0 saturated heterocycles. The molecule has 0 bridgehead atoms. The van der Waals surface area contributed by atoms with Crippen molar-refractivity contribution in [2.45, 2.75) is 19.9 Å². The van der Waals surface area contributed by atoms with Gasteiger partial charge in [0.25, 0.3) is 0 Å². The Hall–Kier alpha value is -1.55. The van der Waals surface area contributed by atoms with Crippen LogP contribution in [-0.2, 0) is 0 Å². The highest BCUT2D eigenvalue weighted by Gasteiger charge is 2.24. The summed E-state index contributed by atoms with van der Waals surface area (Å²) in [6, 6.07) is 5.01. The van der Waals surface area contributed by atoms with Crippen molar-refractivity contribution in [1.82, 2.24) is 5.32 Å². The van der Waals surface area contributed by atoms with Gasteiger partial charge in [-0.3, -0.25) is 4.79 Å². The smallest absolute Gasteiger partial charge is 0.183 e. The summed E-state index contributed by atoms with van der Waals surface area (Å²) in [4.78, 5) is 12.5. The Morgan fingerprint density at radius 2 is 1.89 bits per heavy atom. The molecule has 0 aliphatic carbocycles. The van der Waals surface area contributed by atoms with Crippen LogP contribution in [0.4, 0.5) is 0 Å². The van der Waals surface area contributed by atoms with Crippen LogP contribution in [0.3, 0.4) is 0 Å². The lowest BCUT2D eigenvalue weighted by molar-refractivity contribution is 0.0919. The van der Waals surface area contributed by atoms with Crippen LogP contribution >= 0.6 is 0 Å². The Balaban J connectivity index is 3.16. The van der Waals surface area contributed by atoms with Gasteiger partial charge in [0.15, 0.2) is 5.78 Å². The fraction of sp³-hybridized carbons (Fsp3) is 0.500. The minimum Gasteiger partial charge on any atom is -0.497 e. The molecule has 18 heavy (non-hydrogen) atoms. The van der Waals surface area contributed by atoms with Crippen LogP contribution < -0.4 is 14.8 Å². The standard InChI is InChI=1S/C14H21NO3/c1-9(2)13(15-3)14(16)11-8-10(17-4)6-7-12(11)18-5/h6-9,13,15H,1-5H3. The van der Waals surface area contributed by atoms with Gasteiger partial charge in [-0.15, -0.1) is 0 Å². The average molecular weight is 251 g/mol. The second-order valence-electron chi connectivity index (χ2n) is 4.44. The van der Waals surface area contributed by atoms with E-state index < -0.39 is 0 Å². The fourth-order valence-corrected chi connectivity index (χ4v) is 1.94. The molecular weight excluding hydrogens is 230 g/mol. The minimum absolute atomic E-state index is 0.0169. The van der Waals surface area contributed by atoms with E-state index in [1.807, 2.05) is 13.8 Å². The molecule has 0 aliphatic heterocycles. The van der Waals surface area contributed by atoms with Crippen molar-refractivity contribution in [3.05, 3.63) is 23.8 Å². The fourth-order valence-electron chi connectivity index (χ4n) is 1.94. The highest BCUT2D eigenvalue weighted by Crippen LogP contribution is 2.26. The molecule has 1 atom stereocenters. The lowest BCUT2D eigenvalue weighted by Gasteiger charge is -2.20. The molecule has 4 nitrogen and oxygen atoms in total. The van der Waals surface area contributed by atoms with Crippen molar-refractivity contribution >= 4 is 5.78 Å². The van der Waals surface area contributed by atoms with Gasteiger partial charge in [0.1, 0.15) is 11.5 Å². The number of methoxy groups -OCH3 is 2. The van der Waals surface area contributed by atoms with Gasteiger partial charge >= 0.3 is 0 Å². The highest BCUT2D eigenvalue weighted by atomic mass is 16.5. The van der Waals surface area contributed by atoms with Crippen molar-refractivity contribution in [3.8, 4) is 11.5 Å². The number of carbonyl (C=O) groups is 1. The van der Waals surface area contributed by atoms with E-state index in [-0.39, 0.29) is 17.7 Å². The van der Waals surface area contributed by atoms with Crippen molar-refractivity contribution in [2.24, 2.45) is 5.92 Å². The molecular formula is C14H21NO3. The predicted molar refractivity (Wildman–Crippen MR) is 71.6 cm³/mol. The van der Waals surface area contributed by atoms with Gasteiger partial charge in [0.05, 0.1) is 25.8 Å². The molecule has 0 spiro atoms. The Bertz CT molecular complexity index is 416. The third kappa shape index (κ3) is 3.01. The average Bonchev–Trinajstić information content (AvgIpc) is 2.38. The van der Waals surface area contributed by atoms with Crippen LogP contribution in [0.2, 0.25) is 0 Å². The number of hydrogen-bond acceptors (Lipinski definition) is 4. The number of ketones is 1. The first-order chi connectivity index (χ1) is 8.54. The van der Waals surface area contributed by atoms with Gasteiger partial charge in [-0.1, -0.05) is 13.8 Å². The first kappa shape index (κ1) is 14.5. The predicted octanol–water partition coefficient (Wildman–Crippen LogP) is 2.13. The summed E-state index contributed by atoms with van der Waals surface area (Å²) >= 11 is 0. The van der Waals surface area contributed by atoms with Gasteiger partial charge in [-0.2, -0.15) is 0 Å². The Labute approximate surface area is 108 Å². The summed E-state index contributed by atoms with van der Waals surface area (Å²) in [6.45, 7) is 4.01. The van der Waals surface area contributed by atoms with Crippen LogP contribution in [-0.4, -0.2) is 33.1 Å². The first-order valence-corrected chi connectivity index (χ1v) is 5.98. The summed E-state index contributed by atoms with van der Waals surface area (Å²) in [5.41, 5.74) is 0.546. The minimum atomic E-state index is -0.231. The number of likely N-dealkylation sites (N-methyl/N-ethyl adjacent to an activating group) is 1. The van der Waals surface area contributed by atoms with E-state index in [0.717, 1.165) is 0 Å². The molecule has 1 unspecified atom stereocenters. The second kappa shape index (κ2) is 6.40. The number of Topliss-reactive ketones (excluding diaryl/α,β-unsaturated/α-hetero) is 1. The van der Waals surface area contributed by atoms with E-state index in [2.05, 4.69) is 5.32 Å². The first-order valence-electron chi connectivity index (χ1n) is 5.98. The van der Waals surface area contributed by atoms with E-state index in [1.54, 1.807) is 39.5 Å². The van der Waals surface area contributed by atoms with Crippen LogP contribution in [0.5, 0.6) is 11.5 Å². The summed E-state index contributed by atoms with van der Waals surface area (Å²) in [5.74, 6) is 1.45. The molecule has 0 amide bonds. The zero-order valence-corrected chi connectivity index (χ0v) is 11.6. The third-order valence-electron chi connectivity index (χ3n) is 2.93. The molecule has 0 aliphatic rings. The topological polar surface area (TPSA) is 47.6 Å². The lowest BCUT2D eigenvalue weighted by atomic mass is 9.94. The van der Waals surface area contributed by atoms with Gasteiger partial charge < -0.3 is 14.8 Å². The maximum Gasteiger partial charge on any atom is 0.183 e. The van der Waals surface area contributed by atoms with E-state index in [9.17, 15) is 4.79 Å². The summed E-state index contributed by atoms with van der Waals surface area (Å²) in [7, 11) is 4.92. The van der Waals surface area contributed by atoms with Crippen molar-refractivity contribution in [3.63, 3.8) is 0 Å². The van der Waals surface area contributed by atoms with E-state index >= 15 is 0 Å². The number of nitrogens with one attached hydrogen (secondary N) is 1. The van der Waals surface area contributed by atoms with Crippen LogP contribution in [0.25, 0.3) is 0 Å². The summed E-state index contributed by atoms with van der Waals surface area (Å²) in [6.07, 6.45) is 0. The third-order valence-corrected chi connectivity index (χ3v) is 2.93. The Kier molecular flexibility index (Phi) is 5.16. The van der Waals surface area contributed by atoms with Gasteiger partial charge in [0.2, 0.25) is 0 Å². The summed E-state index contributed by atoms with van der Waals surface area (Å²) in [5, 5.41) is 3.04. The number of carbonyl (C=O) groups excluding carboxylic acids is 1. The zero-order chi connectivity index (χ0) is 13.7. The zero-order valence-electron chi connectivity index (χ0n) is 11.6. The van der Waals surface area contributed by atoms with Gasteiger partial charge in [-0.25, -0.2) is 0 Å². The molecule has 1 aromatic rings. The number of benzene rings is 1. The maximum absolute atomic E-state index is 12.5. The van der Waals surface area contributed by atoms with Crippen molar-refractivity contribution in [1.29, 1.82) is 0 Å². The van der Waals surface area contributed by atoms with Gasteiger partial charge in [-0.05, 0) is 31.2 Å². The summed E-state index contributed by atoms with van der Waals surface area (Å²) < 4.78 is 10.4. The van der Waals surface area contributed by atoms with Gasteiger partial charge in [0, 0.05) is 0 Å². The largest absolute Gasteiger partial charge is 0.497 e. The molecule has 100 valence electrons. The molecule has 4 heteroatoms. The Morgan fingerprint density at radius 1 is 1.22 bits per heavy atom. The molecule has 0 fully saturated rings. The van der Waals surface area contributed by atoms with E-state index in [4.69, 9.17) is 9.47 Å². The number of rotatable bonds is 6. The van der Waals surface area contributed by atoms with Crippen LogP contribution in [0.1, 0.15) is 24.2 Å². The van der Waals surface area contributed by atoms with Crippen LogP contribution in [0.15, 0.2) is 18.2 Å². The molecule has 1 rings (SSSR count). The monoisotopic (exact) mass is 251 g/mol. The molecule has 1 aromatic carbocycles. The SMILES string of the molecule is CNC(C(=O)c1cc(OC)ccc1OC)C(C)C. The van der Waals surface area contributed by atoms with Crippen molar-refractivity contribution in [2.75, 3.05) is 21.3 Å². The van der Waals surface area contributed by atoms with E-state index in [0.29, 0.717) is 17.1 Å². The molecule has 0 saturated carbocycles. The normalized spacial score (nSPS) is 12.3. The molecule has 0 radical (unpaired) electrons. The maximum atomic E-state index is 12.5. The molecule has 1 N–H and O–H groups in total. The Morgan fingerprint density at radius 3 is 2.33 bits per heavy atom. The van der Waals surface area contributed by atoms with Crippen LogP contribution in [0, 0.1) is 5.92 Å². The molecule has 0 aromatic heterocycles. The quantitative estimate of drug-likeness (QED) is 0.787. The molecule has 0 heterocycles. The number of hydrogen-bond donors (Lipinski definition) is 1. The number of ether oxygens (including phenoxy) is 2. The van der Waals surface area contributed by atoms with Crippen molar-refractivity contribution < 1.29 is 14.3 Å².